The molecule has 6 nitrogen and oxygen atoms in total. The molecule has 3 heterocycles. The van der Waals surface area contributed by atoms with Gasteiger partial charge in [-0.15, -0.1) is 0 Å². The van der Waals surface area contributed by atoms with Crippen LogP contribution < -0.4 is 4.74 Å². The molecular weight excluding hydrogens is 402 g/mol. The summed E-state index contributed by atoms with van der Waals surface area (Å²) in [5.41, 5.74) is 3.50. The number of carbonyl (C=O) groups is 2. The maximum atomic E-state index is 13.1. The third-order valence-corrected chi connectivity index (χ3v) is 6.73. The molecule has 2 aromatic carbocycles. The number of halogens is 1. The molecule has 1 aromatic heterocycles. The zero-order chi connectivity index (χ0) is 21.0. The number of aryl methyl sites for hydroxylation is 2. The maximum absolute atomic E-state index is 13.1. The zero-order valence-electron chi connectivity index (χ0n) is 16.9. The number of hydrogen-bond donors (Lipinski definition) is 1. The van der Waals surface area contributed by atoms with Gasteiger partial charge in [0.2, 0.25) is 0 Å². The highest BCUT2D eigenvalue weighted by Gasteiger charge is 2.44. The number of H-pyrrole nitrogens is 1. The highest BCUT2D eigenvalue weighted by Crippen LogP contribution is 2.41. The van der Waals surface area contributed by atoms with Crippen LogP contribution in [0.3, 0.4) is 0 Å². The summed E-state index contributed by atoms with van der Waals surface area (Å²) < 4.78 is 6.34. The van der Waals surface area contributed by atoms with Gasteiger partial charge in [-0.2, -0.15) is 5.10 Å². The Morgan fingerprint density at radius 2 is 1.93 bits per heavy atom. The molecule has 2 aliphatic heterocycles. The normalized spacial score (nSPS) is 17.8. The monoisotopic (exact) mass is 423 g/mol. The number of ketones is 1. The summed E-state index contributed by atoms with van der Waals surface area (Å²) >= 11 is 6.18. The van der Waals surface area contributed by atoms with E-state index in [4.69, 9.17) is 16.3 Å². The van der Waals surface area contributed by atoms with E-state index in [0.717, 1.165) is 22.0 Å². The van der Waals surface area contributed by atoms with E-state index in [-0.39, 0.29) is 11.7 Å². The number of carbonyl (C=O) groups excluding carboxylic acids is 2. The lowest BCUT2D eigenvalue weighted by Gasteiger charge is -2.44. The van der Waals surface area contributed by atoms with Crippen molar-refractivity contribution in [2.45, 2.75) is 38.7 Å². The van der Waals surface area contributed by atoms with Gasteiger partial charge in [-0.3, -0.25) is 14.7 Å². The molecule has 0 unspecified atom stereocenters. The Hall–Kier alpha value is -2.86. The zero-order valence-corrected chi connectivity index (χ0v) is 17.7. The molecular formula is C23H22ClN3O3. The summed E-state index contributed by atoms with van der Waals surface area (Å²) in [6.07, 6.45) is 3.30. The smallest absolute Gasteiger partial charge is 0.253 e. The number of nitrogens with one attached hydrogen (secondary N) is 1. The van der Waals surface area contributed by atoms with Crippen LogP contribution in [0, 0.1) is 13.8 Å². The number of piperidine rings is 1. The molecule has 3 aromatic rings. The van der Waals surface area contributed by atoms with Crippen molar-refractivity contribution in [3.63, 3.8) is 0 Å². The molecule has 7 heteroatoms. The van der Waals surface area contributed by atoms with Crippen LogP contribution in [0.5, 0.6) is 5.75 Å². The molecule has 0 atom stereocenters. The first-order valence-electron chi connectivity index (χ1n) is 10.1. The predicted molar refractivity (Wildman–Crippen MR) is 114 cm³/mol. The largest absolute Gasteiger partial charge is 0.486 e. The number of benzene rings is 2. The van der Waals surface area contributed by atoms with Gasteiger partial charge in [0.15, 0.2) is 5.78 Å². The number of nitrogens with zero attached hydrogens (tertiary/aromatic N) is 2. The van der Waals surface area contributed by atoms with E-state index in [2.05, 4.69) is 10.2 Å². The van der Waals surface area contributed by atoms with Crippen LogP contribution in [0.15, 0.2) is 30.5 Å². The van der Waals surface area contributed by atoms with Gasteiger partial charge in [0.05, 0.1) is 23.7 Å². The van der Waals surface area contributed by atoms with Gasteiger partial charge in [0.1, 0.15) is 11.4 Å². The molecule has 0 aliphatic carbocycles. The van der Waals surface area contributed by atoms with E-state index in [0.29, 0.717) is 54.3 Å². The first kappa shape index (κ1) is 19.1. The lowest BCUT2D eigenvalue weighted by Crippen LogP contribution is -2.52. The van der Waals surface area contributed by atoms with E-state index < -0.39 is 5.60 Å². The Bertz CT molecular complexity index is 1190. The van der Waals surface area contributed by atoms with E-state index in [1.807, 2.05) is 36.9 Å². The molecule has 1 fully saturated rings. The minimum atomic E-state index is -0.550. The number of Topliss-reactive ketones (excluding diaryl/α,β-unsaturated/α-hetero) is 1. The van der Waals surface area contributed by atoms with Gasteiger partial charge >= 0.3 is 0 Å². The van der Waals surface area contributed by atoms with Crippen LogP contribution in [0.4, 0.5) is 0 Å². The number of aromatic nitrogens is 2. The number of rotatable bonds is 1. The van der Waals surface area contributed by atoms with Crippen molar-refractivity contribution in [2.75, 3.05) is 13.1 Å². The van der Waals surface area contributed by atoms with Crippen LogP contribution in [0.1, 0.15) is 51.1 Å². The second-order valence-electron chi connectivity index (χ2n) is 8.40. The van der Waals surface area contributed by atoms with Gasteiger partial charge in [0, 0.05) is 41.9 Å². The standard InChI is InChI=1S/C23H22ClN3O3/c1-13-8-20-17(10-18(13)24)19(28)11-23(30-20)3-5-27(6-4-23)22(29)15-7-14(2)21-16(9-15)12-25-26-21/h7-10,12H,3-6,11H2,1-2H3,(H,25,26). The third kappa shape index (κ3) is 3.06. The van der Waals surface area contributed by atoms with Crippen LogP contribution in [0.2, 0.25) is 5.02 Å². The molecule has 1 spiro atoms. The van der Waals surface area contributed by atoms with Gasteiger partial charge in [0.25, 0.3) is 5.91 Å². The van der Waals surface area contributed by atoms with E-state index >= 15 is 0 Å². The summed E-state index contributed by atoms with van der Waals surface area (Å²) in [5, 5.41) is 8.53. The minimum absolute atomic E-state index is 0.00112. The average Bonchev–Trinajstić information content (AvgIpc) is 3.19. The van der Waals surface area contributed by atoms with Gasteiger partial charge < -0.3 is 9.64 Å². The molecule has 0 radical (unpaired) electrons. The summed E-state index contributed by atoms with van der Waals surface area (Å²) in [6.45, 7) is 4.97. The minimum Gasteiger partial charge on any atom is -0.486 e. The molecule has 5 rings (SSSR count). The van der Waals surface area contributed by atoms with Crippen molar-refractivity contribution in [3.8, 4) is 5.75 Å². The number of ether oxygens (including phenoxy) is 1. The van der Waals surface area contributed by atoms with Crippen molar-refractivity contribution in [2.24, 2.45) is 0 Å². The second kappa shape index (κ2) is 6.84. The molecule has 30 heavy (non-hydrogen) atoms. The summed E-state index contributed by atoms with van der Waals surface area (Å²) in [6, 6.07) is 7.32. The van der Waals surface area contributed by atoms with Crippen LogP contribution in [-0.2, 0) is 0 Å². The van der Waals surface area contributed by atoms with Crippen molar-refractivity contribution in [1.29, 1.82) is 0 Å². The van der Waals surface area contributed by atoms with E-state index in [1.54, 1.807) is 12.3 Å². The molecule has 2 aliphatic rings. The molecule has 0 bridgehead atoms. The first-order chi connectivity index (χ1) is 14.3. The number of amides is 1. The molecule has 154 valence electrons. The predicted octanol–water partition coefficient (Wildman–Crippen LogP) is 4.47. The van der Waals surface area contributed by atoms with Crippen molar-refractivity contribution in [3.05, 3.63) is 57.7 Å². The molecule has 1 amide bonds. The first-order valence-corrected chi connectivity index (χ1v) is 10.5. The average molecular weight is 424 g/mol. The Kier molecular flexibility index (Phi) is 4.36. The number of likely N-dealkylation sites (tertiary alicyclic amines) is 1. The quantitative estimate of drug-likeness (QED) is 0.626. The lowest BCUT2D eigenvalue weighted by atomic mass is 9.82. The fourth-order valence-corrected chi connectivity index (χ4v) is 4.72. The number of fused-ring (bicyclic) bond motifs is 2. The Morgan fingerprint density at radius 3 is 2.70 bits per heavy atom. The molecule has 0 saturated carbocycles. The van der Waals surface area contributed by atoms with Gasteiger partial charge in [-0.05, 0) is 49.2 Å². The Labute approximate surface area is 179 Å². The summed E-state index contributed by atoms with van der Waals surface area (Å²) in [4.78, 5) is 27.7. The van der Waals surface area contributed by atoms with Crippen molar-refractivity contribution in [1.82, 2.24) is 15.1 Å². The van der Waals surface area contributed by atoms with Crippen molar-refractivity contribution < 1.29 is 14.3 Å². The number of hydrogen-bond acceptors (Lipinski definition) is 4. The van der Waals surface area contributed by atoms with Gasteiger partial charge in [-0.25, -0.2) is 0 Å². The van der Waals surface area contributed by atoms with E-state index in [9.17, 15) is 9.59 Å². The molecule has 1 N–H and O–H groups in total. The third-order valence-electron chi connectivity index (χ3n) is 6.33. The highest BCUT2D eigenvalue weighted by molar-refractivity contribution is 6.31. The maximum Gasteiger partial charge on any atom is 0.253 e. The Balaban J connectivity index is 1.35. The number of aromatic amines is 1. The Morgan fingerprint density at radius 1 is 1.17 bits per heavy atom. The van der Waals surface area contributed by atoms with Gasteiger partial charge in [-0.1, -0.05) is 11.6 Å². The van der Waals surface area contributed by atoms with Crippen LogP contribution >= 0.6 is 11.6 Å². The van der Waals surface area contributed by atoms with E-state index in [1.165, 1.54) is 0 Å². The highest BCUT2D eigenvalue weighted by atomic mass is 35.5. The van der Waals surface area contributed by atoms with Crippen molar-refractivity contribution >= 4 is 34.2 Å². The second-order valence-corrected chi connectivity index (χ2v) is 8.81. The SMILES string of the molecule is Cc1cc2c(cc1Cl)C(=O)CC1(CCN(C(=O)c3cc(C)c4[nH]ncc4c3)CC1)O2. The lowest BCUT2D eigenvalue weighted by molar-refractivity contribution is -0.00573. The molecule has 1 saturated heterocycles. The fourth-order valence-electron chi connectivity index (χ4n) is 4.55. The summed E-state index contributed by atoms with van der Waals surface area (Å²) in [5.74, 6) is 0.661. The van der Waals surface area contributed by atoms with Crippen LogP contribution in [0.25, 0.3) is 10.9 Å². The summed E-state index contributed by atoms with van der Waals surface area (Å²) in [7, 11) is 0. The topological polar surface area (TPSA) is 75.3 Å². The van der Waals surface area contributed by atoms with Crippen LogP contribution in [-0.4, -0.2) is 45.5 Å². The fraction of sp³-hybridized carbons (Fsp3) is 0.348.